The van der Waals surface area contributed by atoms with E-state index < -0.39 is 0 Å². The molecule has 0 spiro atoms. The SMILES string of the molecule is CCCN1CCCC[C@H]1C(=O)Nc1cccc(N2CCOC2=O)c1. The Kier molecular flexibility index (Phi) is 5.35. The topological polar surface area (TPSA) is 61.9 Å². The minimum atomic E-state index is -0.333. The van der Waals surface area contributed by atoms with Crippen molar-refractivity contribution in [1.29, 1.82) is 0 Å². The number of carbonyl (C=O) groups excluding carboxylic acids is 2. The molecule has 0 saturated carbocycles. The van der Waals surface area contributed by atoms with Crippen molar-refractivity contribution in [3.63, 3.8) is 0 Å². The minimum Gasteiger partial charge on any atom is -0.447 e. The van der Waals surface area contributed by atoms with Gasteiger partial charge < -0.3 is 10.1 Å². The molecule has 1 atom stereocenters. The highest BCUT2D eigenvalue weighted by molar-refractivity contribution is 5.96. The summed E-state index contributed by atoms with van der Waals surface area (Å²) in [6, 6.07) is 7.33. The normalized spacial score (nSPS) is 21.6. The van der Waals surface area contributed by atoms with Crippen LogP contribution in [0, 0.1) is 0 Å². The van der Waals surface area contributed by atoms with Crippen LogP contribution in [0.5, 0.6) is 0 Å². The van der Waals surface area contributed by atoms with Gasteiger partial charge in [0.2, 0.25) is 5.91 Å². The summed E-state index contributed by atoms with van der Waals surface area (Å²) in [5.41, 5.74) is 1.48. The smallest absolute Gasteiger partial charge is 0.414 e. The van der Waals surface area contributed by atoms with Gasteiger partial charge in [0.15, 0.2) is 0 Å². The maximum absolute atomic E-state index is 12.7. The number of hydrogen-bond donors (Lipinski definition) is 1. The summed E-state index contributed by atoms with van der Waals surface area (Å²) in [7, 11) is 0. The van der Waals surface area contributed by atoms with Crippen molar-refractivity contribution in [2.45, 2.75) is 38.6 Å². The molecule has 1 aromatic rings. The molecule has 0 unspecified atom stereocenters. The number of piperidine rings is 1. The number of nitrogens with zero attached hydrogens (tertiary/aromatic N) is 2. The van der Waals surface area contributed by atoms with Crippen LogP contribution in [0.25, 0.3) is 0 Å². The molecule has 1 aromatic carbocycles. The number of rotatable bonds is 5. The van der Waals surface area contributed by atoms with E-state index in [1.165, 1.54) is 0 Å². The van der Waals surface area contributed by atoms with E-state index in [2.05, 4.69) is 17.1 Å². The molecule has 2 aliphatic heterocycles. The lowest BCUT2D eigenvalue weighted by Crippen LogP contribution is -2.47. The standard InChI is InChI=1S/C18H25N3O3/c1-2-9-20-10-4-3-8-16(20)17(22)19-14-6-5-7-15(13-14)21-11-12-24-18(21)23/h5-7,13,16H,2-4,8-12H2,1H3,(H,19,22)/t16-/m0/s1. The minimum absolute atomic E-state index is 0.0456. The van der Waals surface area contributed by atoms with Crippen LogP contribution in [0.1, 0.15) is 32.6 Å². The number of benzene rings is 1. The largest absolute Gasteiger partial charge is 0.447 e. The van der Waals surface area contributed by atoms with Crippen LogP contribution in [-0.4, -0.2) is 49.2 Å². The van der Waals surface area contributed by atoms with E-state index in [0.29, 0.717) is 13.2 Å². The van der Waals surface area contributed by atoms with Crippen molar-refractivity contribution < 1.29 is 14.3 Å². The molecule has 3 rings (SSSR count). The number of nitrogens with one attached hydrogen (secondary N) is 1. The Morgan fingerprint density at radius 2 is 2.21 bits per heavy atom. The van der Waals surface area contributed by atoms with E-state index in [9.17, 15) is 9.59 Å². The van der Waals surface area contributed by atoms with Gasteiger partial charge in [-0.05, 0) is 50.6 Å². The highest BCUT2D eigenvalue weighted by Crippen LogP contribution is 2.24. The van der Waals surface area contributed by atoms with Crippen molar-refractivity contribution in [2.75, 3.05) is 36.5 Å². The zero-order chi connectivity index (χ0) is 16.9. The summed E-state index contributed by atoms with van der Waals surface area (Å²) in [5.74, 6) is 0.0456. The van der Waals surface area contributed by atoms with Gasteiger partial charge in [-0.3, -0.25) is 14.6 Å². The van der Waals surface area contributed by atoms with Crippen LogP contribution in [0.3, 0.4) is 0 Å². The molecule has 2 saturated heterocycles. The number of hydrogen-bond acceptors (Lipinski definition) is 4. The highest BCUT2D eigenvalue weighted by atomic mass is 16.6. The second-order valence-corrected chi connectivity index (χ2v) is 6.35. The number of cyclic esters (lactones) is 1. The van der Waals surface area contributed by atoms with E-state index in [1.54, 1.807) is 4.90 Å². The molecule has 0 radical (unpaired) electrons. The molecule has 6 heteroatoms. The maximum atomic E-state index is 12.7. The van der Waals surface area contributed by atoms with Crippen LogP contribution in [0.2, 0.25) is 0 Å². The summed E-state index contributed by atoms with van der Waals surface area (Å²) >= 11 is 0. The van der Waals surface area contributed by atoms with Gasteiger partial charge in [0.1, 0.15) is 6.61 Å². The first-order valence-electron chi connectivity index (χ1n) is 8.78. The molecule has 1 N–H and O–H groups in total. The van der Waals surface area contributed by atoms with Crippen molar-refractivity contribution in [1.82, 2.24) is 4.90 Å². The van der Waals surface area contributed by atoms with Gasteiger partial charge >= 0.3 is 6.09 Å². The summed E-state index contributed by atoms with van der Waals surface area (Å²) in [4.78, 5) is 28.2. The molecule has 2 aliphatic rings. The zero-order valence-electron chi connectivity index (χ0n) is 14.2. The zero-order valence-corrected chi connectivity index (χ0v) is 14.2. The predicted octanol–water partition coefficient (Wildman–Crippen LogP) is 2.85. The third-order valence-corrected chi connectivity index (χ3v) is 4.61. The molecule has 2 fully saturated rings. The molecule has 6 nitrogen and oxygen atoms in total. The van der Waals surface area contributed by atoms with Crippen LogP contribution in [0.15, 0.2) is 24.3 Å². The highest BCUT2D eigenvalue weighted by Gasteiger charge is 2.28. The maximum Gasteiger partial charge on any atom is 0.414 e. The van der Waals surface area contributed by atoms with Crippen molar-refractivity contribution in [2.24, 2.45) is 0 Å². The summed E-state index contributed by atoms with van der Waals surface area (Å²) in [6.07, 6.45) is 3.88. The first kappa shape index (κ1) is 16.8. The number of carbonyl (C=O) groups is 2. The molecule has 2 heterocycles. The van der Waals surface area contributed by atoms with Gasteiger partial charge in [0, 0.05) is 11.4 Å². The number of amides is 2. The summed E-state index contributed by atoms with van der Waals surface area (Å²) in [6.45, 7) is 5.04. The lowest BCUT2D eigenvalue weighted by atomic mass is 10.0. The first-order valence-corrected chi connectivity index (χ1v) is 8.78. The van der Waals surface area contributed by atoms with E-state index in [-0.39, 0.29) is 18.0 Å². The van der Waals surface area contributed by atoms with Crippen molar-refractivity contribution in [3.05, 3.63) is 24.3 Å². The molecule has 24 heavy (non-hydrogen) atoms. The van der Waals surface area contributed by atoms with Gasteiger partial charge in [-0.2, -0.15) is 0 Å². The average Bonchev–Trinajstić information content (AvgIpc) is 3.02. The number of likely N-dealkylation sites (tertiary alicyclic amines) is 1. The average molecular weight is 331 g/mol. The van der Waals surface area contributed by atoms with E-state index in [4.69, 9.17) is 4.74 Å². The first-order chi connectivity index (χ1) is 11.7. The Bertz CT molecular complexity index is 603. The van der Waals surface area contributed by atoms with E-state index >= 15 is 0 Å². The van der Waals surface area contributed by atoms with E-state index in [0.717, 1.165) is 50.1 Å². The monoisotopic (exact) mass is 331 g/mol. The molecule has 0 bridgehead atoms. The Morgan fingerprint density at radius 3 is 2.96 bits per heavy atom. The Labute approximate surface area is 142 Å². The molecular weight excluding hydrogens is 306 g/mol. The van der Waals surface area contributed by atoms with Gasteiger partial charge in [-0.15, -0.1) is 0 Å². The fourth-order valence-electron chi connectivity index (χ4n) is 3.45. The predicted molar refractivity (Wildman–Crippen MR) is 93.3 cm³/mol. The van der Waals surface area contributed by atoms with Crippen LogP contribution >= 0.6 is 0 Å². The second-order valence-electron chi connectivity index (χ2n) is 6.35. The third-order valence-electron chi connectivity index (χ3n) is 4.61. The van der Waals surface area contributed by atoms with Crippen LogP contribution in [-0.2, 0) is 9.53 Å². The fraction of sp³-hybridized carbons (Fsp3) is 0.556. The molecule has 0 aliphatic carbocycles. The summed E-state index contributed by atoms with van der Waals surface area (Å²) < 4.78 is 4.97. The third kappa shape index (κ3) is 3.70. The second kappa shape index (κ2) is 7.66. The van der Waals surface area contributed by atoms with E-state index in [1.807, 2.05) is 24.3 Å². The van der Waals surface area contributed by atoms with Crippen molar-refractivity contribution in [3.8, 4) is 0 Å². The Morgan fingerprint density at radius 1 is 1.33 bits per heavy atom. The quantitative estimate of drug-likeness (QED) is 0.901. The molecular formula is C18H25N3O3. The van der Waals surface area contributed by atoms with Gasteiger partial charge in [0.05, 0.1) is 12.6 Å². The van der Waals surface area contributed by atoms with Gasteiger partial charge in [0.25, 0.3) is 0 Å². The lowest BCUT2D eigenvalue weighted by Gasteiger charge is -2.34. The molecule has 130 valence electrons. The summed E-state index contributed by atoms with van der Waals surface area (Å²) in [5, 5.41) is 3.02. The van der Waals surface area contributed by atoms with Gasteiger partial charge in [-0.1, -0.05) is 19.4 Å². The van der Waals surface area contributed by atoms with Crippen LogP contribution < -0.4 is 10.2 Å². The molecule has 2 amide bonds. The van der Waals surface area contributed by atoms with Crippen molar-refractivity contribution >= 4 is 23.4 Å². The van der Waals surface area contributed by atoms with Crippen LogP contribution in [0.4, 0.5) is 16.2 Å². The fourth-order valence-corrected chi connectivity index (χ4v) is 3.45. The Hall–Kier alpha value is -2.08. The lowest BCUT2D eigenvalue weighted by molar-refractivity contribution is -0.122. The molecule has 0 aromatic heterocycles. The van der Waals surface area contributed by atoms with Gasteiger partial charge in [-0.25, -0.2) is 4.79 Å². The number of ether oxygens (including phenoxy) is 1. The Balaban J connectivity index is 1.68. The number of anilines is 2.